The molecule has 8 rings (SSSR count). The lowest BCUT2D eigenvalue weighted by Crippen LogP contribution is -2.81. The van der Waals surface area contributed by atoms with Gasteiger partial charge >= 0.3 is 0 Å². The fourth-order valence-corrected chi connectivity index (χ4v) is 9.18. The van der Waals surface area contributed by atoms with Crippen LogP contribution in [0.1, 0.15) is 47.9 Å². The van der Waals surface area contributed by atoms with E-state index in [9.17, 15) is 0 Å². The summed E-state index contributed by atoms with van der Waals surface area (Å²) in [4.78, 5) is 2.64. The van der Waals surface area contributed by atoms with Crippen LogP contribution >= 0.6 is 0 Å². The Bertz CT molecular complexity index is 1160. The second-order valence-electron chi connectivity index (χ2n) is 11.8. The van der Waals surface area contributed by atoms with Crippen molar-refractivity contribution < 1.29 is 18.9 Å². The van der Waals surface area contributed by atoms with Crippen molar-refractivity contribution in [3.05, 3.63) is 58.7 Å². The van der Waals surface area contributed by atoms with Gasteiger partial charge in [0.2, 0.25) is 0 Å². The summed E-state index contributed by atoms with van der Waals surface area (Å²) in [6, 6.07) is 13.6. The van der Waals surface area contributed by atoms with Gasteiger partial charge in [0, 0.05) is 35.5 Å². The SMILES string of the molecule is COc1ccc2c3c1O[C@H]1[C@@]4(OC)CCC5(C[C@@H]4COCc4ccc(C)cc4)[C@@H](C2)N(C)CC[C@]315. The van der Waals surface area contributed by atoms with Crippen molar-refractivity contribution in [3.8, 4) is 11.5 Å². The van der Waals surface area contributed by atoms with E-state index in [-0.39, 0.29) is 22.5 Å². The minimum Gasteiger partial charge on any atom is -0.493 e. The highest BCUT2D eigenvalue weighted by Gasteiger charge is 2.80. The largest absolute Gasteiger partial charge is 0.493 e. The molecule has 2 aromatic rings. The monoisotopic (exact) mass is 475 g/mol. The van der Waals surface area contributed by atoms with E-state index in [0.717, 1.165) is 43.7 Å². The first-order valence-electron chi connectivity index (χ1n) is 13.2. The number of hydrogen-bond acceptors (Lipinski definition) is 5. The van der Waals surface area contributed by atoms with Crippen LogP contribution in [0, 0.1) is 18.3 Å². The van der Waals surface area contributed by atoms with E-state index >= 15 is 0 Å². The summed E-state index contributed by atoms with van der Waals surface area (Å²) in [5.74, 6) is 2.17. The van der Waals surface area contributed by atoms with Crippen LogP contribution in [0.3, 0.4) is 0 Å². The second kappa shape index (κ2) is 7.47. The Morgan fingerprint density at radius 2 is 1.89 bits per heavy atom. The number of benzene rings is 2. The number of hydrogen-bond donors (Lipinski definition) is 0. The minimum absolute atomic E-state index is 0.00332. The standard InChI is InChI=1S/C30H37NO4/c1-19-5-7-20(8-6-19)17-34-18-22-16-28-11-12-30(22,33-4)27-29(28)13-14-31(2)24(28)15-21-9-10-23(32-3)26(35-27)25(21)29/h5-10,22,24,27H,11-18H2,1-4H3/t22-,24-,27-,28?,29+,30-/m1/s1. The maximum absolute atomic E-state index is 7.04. The summed E-state index contributed by atoms with van der Waals surface area (Å²) in [6.07, 6.45) is 5.60. The molecule has 4 fully saturated rings. The normalized spacial score (nSPS) is 38.2. The average molecular weight is 476 g/mol. The summed E-state index contributed by atoms with van der Waals surface area (Å²) in [7, 11) is 6.00. The van der Waals surface area contributed by atoms with Gasteiger partial charge in [-0.25, -0.2) is 0 Å². The van der Waals surface area contributed by atoms with Crippen molar-refractivity contribution >= 4 is 0 Å². The van der Waals surface area contributed by atoms with Crippen molar-refractivity contribution in [2.75, 3.05) is 34.4 Å². The molecule has 4 aliphatic carbocycles. The zero-order valence-electron chi connectivity index (χ0n) is 21.4. The van der Waals surface area contributed by atoms with Gasteiger partial charge in [-0.15, -0.1) is 0 Å². The third kappa shape index (κ3) is 2.60. The second-order valence-corrected chi connectivity index (χ2v) is 11.8. The Hall–Kier alpha value is -2.08. The smallest absolute Gasteiger partial charge is 0.165 e. The first-order chi connectivity index (χ1) is 17.0. The lowest BCUT2D eigenvalue weighted by Gasteiger charge is -2.73. The van der Waals surface area contributed by atoms with E-state index in [0.29, 0.717) is 25.2 Å². The van der Waals surface area contributed by atoms with Crippen LogP contribution in [0.2, 0.25) is 0 Å². The number of piperidine rings is 1. The maximum atomic E-state index is 7.04. The minimum atomic E-state index is -0.339. The first-order valence-corrected chi connectivity index (χ1v) is 13.2. The molecule has 6 atom stereocenters. The Morgan fingerprint density at radius 3 is 2.66 bits per heavy atom. The van der Waals surface area contributed by atoms with Crippen molar-refractivity contribution in [3.63, 3.8) is 0 Å². The van der Waals surface area contributed by atoms with Crippen molar-refractivity contribution in [2.45, 2.75) is 68.8 Å². The molecule has 5 nitrogen and oxygen atoms in total. The lowest BCUT2D eigenvalue weighted by atomic mass is 9.35. The molecule has 186 valence electrons. The van der Waals surface area contributed by atoms with Crippen LogP contribution < -0.4 is 9.47 Å². The van der Waals surface area contributed by atoms with Crippen LogP contribution in [0.25, 0.3) is 0 Å². The van der Waals surface area contributed by atoms with Gasteiger partial charge in [-0.1, -0.05) is 35.9 Å². The molecule has 5 heteroatoms. The van der Waals surface area contributed by atoms with Crippen molar-refractivity contribution in [1.82, 2.24) is 4.90 Å². The van der Waals surface area contributed by atoms with Crippen LogP contribution in [0.5, 0.6) is 11.5 Å². The molecule has 1 saturated heterocycles. The van der Waals surface area contributed by atoms with E-state index in [4.69, 9.17) is 18.9 Å². The number of methoxy groups -OCH3 is 2. The molecule has 3 saturated carbocycles. The average Bonchev–Trinajstić information content (AvgIpc) is 3.24. The summed E-state index contributed by atoms with van der Waals surface area (Å²) in [6.45, 7) is 4.58. The highest BCUT2D eigenvalue weighted by molar-refractivity contribution is 5.63. The molecule has 4 bridgehead atoms. The van der Waals surface area contributed by atoms with Gasteiger partial charge in [0.05, 0.1) is 20.3 Å². The number of ether oxygens (including phenoxy) is 4. The molecule has 1 unspecified atom stereocenters. The number of nitrogens with zero attached hydrogens (tertiary/aromatic N) is 1. The molecular weight excluding hydrogens is 438 g/mol. The molecule has 2 aliphatic heterocycles. The van der Waals surface area contributed by atoms with Crippen LogP contribution in [0.15, 0.2) is 36.4 Å². The number of aryl methyl sites for hydroxylation is 1. The number of rotatable bonds is 6. The van der Waals surface area contributed by atoms with E-state index in [1.54, 1.807) is 7.11 Å². The molecule has 35 heavy (non-hydrogen) atoms. The molecule has 0 radical (unpaired) electrons. The van der Waals surface area contributed by atoms with Crippen LogP contribution in [-0.2, 0) is 27.9 Å². The Morgan fingerprint density at radius 1 is 1.06 bits per heavy atom. The number of likely N-dealkylation sites (N-methyl/N-ethyl adjacent to an activating group) is 1. The molecule has 2 spiro atoms. The molecule has 0 amide bonds. The highest BCUT2D eigenvalue weighted by Crippen LogP contribution is 2.76. The van der Waals surface area contributed by atoms with E-state index in [1.165, 1.54) is 28.7 Å². The van der Waals surface area contributed by atoms with Crippen LogP contribution in [0.4, 0.5) is 0 Å². The predicted molar refractivity (Wildman–Crippen MR) is 134 cm³/mol. The van der Waals surface area contributed by atoms with Gasteiger partial charge in [-0.2, -0.15) is 0 Å². The highest BCUT2D eigenvalue weighted by atomic mass is 16.6. The zero-order valence-corrected chi connectivity index (χ0v) is 21.4. The van der Waals surface area contributed by atoms with E-state index in [1.807, 2.05) is 7.11 Å². The van der Waals surface area contributed by atoms with Gasteiger partial charge in [-0.05, 0) is 69.8 Å². The fraction of sp³-hybridized carbons (Fsp3) is 0.600. The quantitative estimate of drug-likeness (QED) is 0.608. The summed E-state index contributed by atoms with van der Waals surface area (Å²) < 4.78 is 25.9. The van der Waals surface area contributed by atoms with Gasteiger partial charge in [0.25, 0.3) is 0 Å². The first kappa shape index (κ1) is 22.1. The molecule has 0 aromatic heterocycles. The zero-order chi connectivity index (χ0) is 24.0. The van der Waals surface area contributed by atoms with E-state index < -0.39 is 0 Å². The maximum Gasteiger partial charge on any atom is 0.165 e. The Balaban J connectivity index is 1.30. The Kier molecular flexibility index (Phi) is 4.73. The van der Waals surface area contributed by atoms with Crippen molar-refractivity contribution in [2.24, 2.45) is 11.3 Å². The predicted octanol–water partition coefficient (Wildman–Crippen LogP) is 4.66. The molecule has 2 heterocycles. The molecule has 0 N–H and O–H groups in total. The number of fused-ring (bicyclic) bond motifs is 2. The lowest BCUT2D eigenvalue weighted by molar-refractivity contribution is -0.282. The summed E-state index contributed by atoms with van der Waals surface area (Å²) >= 11 is 0. The van der Waals surface area contributed by atoms with Gasteiger partial charge < -0.3 is 23.8 Å². The van der Waals surface area contributed by atoms with E-state index in [2.05, 4.69) is 55.3 Å². The van der Waals surface area contributed by atoms with Gasteiger partial charge in [-0.3, -0.25) is 0 Å². The number of likely N-dealkylation sites (tertiary alicyclic amines) is 1. The summed E-state index contributed by atoms with van der Waals surface area (Å²) in [5, 5.41) is 0. The topological polar surface area (TPSA) is 40.2 Å². The van der Waals surface area contributed by atoms with Crippen molar-refractivity contribution in [1.29, 1.82) is 0 Å². The fourth-order valence-electron chi connectivity index (χ4n) is 9.18. The molecule has 6 aliphatic rings. The third-order valence-corrected chi connectivity index (χ3v) is 10.7. The molecular formula is C30H37NO4. The van der Waals surface area contributed by atoms with Crippen LogP contribution in [-0.4, -0.2) is 57.1 Å². The molecule has 2 aromatic carbocycles. The van der Waals surface area contributed by atoms with Gasteiger partial charge in [0.15, 0.2) is 11.5 Å². The third-order valence-electron chi connectivity index (χ3n) is 10.7. The Labute approximate surface area is 208 Å². The van der Waals surface area contributed by atoms with Gasteiger partial charge in [0.1, 0.15) is 11.7 Å². The summed E-state index contributed by atoms with van der Waals surface area (Å²) in [5.41, 5.74) is 5.26.